The standard InChI is InChI=1S/C17H25N5O2/c1-10-13(4-5-14(23)20-12-6-8-18-9-7-12)11(2)19-16-15(10)17(24)21-22(16)3/h12,18H,4-9H2,1-3H3,(H,20,23)(H,21,24). The molecule has 1 aliphatic heterocycles. The molecule has 0 bridgehead atoms. The monoisotopic (exact) mass is 331 g/mol. The van der Waals surface area contributed by atoms with Gasteiger partial charge in [-0.25, -0.2) is 4.98 Å². The van der Waals surface area contributed by atoms with Crippen molar-refractivity contribution in [1.29, 1.82) is 0 Å². The van der Waals surface area contributed by atoms with Gasteiger partial charge in [0.1, 0.15) is 0 Å². The molecular weight excluding hydrogens is 306 g/mol. The fraction of sp³-hybridized carbons (Fsp3) is 0.588. The lowest BCUT2D eigenvalue weighted by atomic mass is 10.00. The number of aromatic amines is 1. The van der Waals surface area contributed by atoms with Gasteiger partial charge in [-0.15, -0.1) is 0 Å². The van der Waals surface area contributed by atoms with E-state index >= 15 is 0 Å². The highest BCUT2D eigenvalue weighted by Crippen LogP contribution is 2.21. The number of carbonyl (C=O) groups excluding carboxylic acids is 1. The van der Waals surface area contributed by atoms with Crippen LogP contribution < -0.4 is 16.2 Å². The summed E-state index contributed by atoms with van der Waals surface area (Å²) in [5, 5.41) is 9.77. The second kappa shape index (κ2) is 6.76. The number of hydrogen-bond acceptors (Lipinski definition) is 4. The summed E-state index contributed by atoms with van der Waals surface area (Å²) in [6.45, 7) is 5.79. The summed E-state index contributed by atoms with van der Waals surface area (Å²) < 4.78 is 1.64. The molecule has 130 valence electrons. The molecule has 0 aromatic carbocycles. The van der Waals surface area contributed by atoms with Crippen molar-refractivity contribution < 1.29 is 4.79 Å². The van der Waals surface area contributed by atoms with E-state index in [1.54, 1.807) is 11.7 Å². The Morgan fingerprint density at radius 2 is 2.04 bits per heavy atom. The van der Waals surface area contributed by atoms with Crippen LogP contribution in [0.1, 0.15) is 36.1 Å². The first-order valence-corrected chi connectivity index (χ1v) is 8.52. The Balaban J connectivity index is 1.74. The van der Waals surface area contributed by atoms with Gasteiger partial charge in [0.15, 0.2) is 5.65 Å². The van der Waals surface area contributed by atoms with Gasteiger partial charge in [0.2, 0.25) is 5.91 Å². The first kappa shape index (κ1) is 16.7. The Morgan fingerprint density at radius 1 is 1.33 bits per heavy atom. The van der Waals surface area contributed by atoms with Gasteiger partial charge in [0.25, 0.3) is 5.56 Å². The van der Waals surface area contributed by atoms with Crippen LogP contribution in [0.15, 0.2) is 4.79 Å². The molecule has 3 N–H and O–H groups in total. The highest BCUT2D eigenvalue weighted by Gasteiger charge is 2.18. The van der Waals surface area contributed by atoms with Crippen LogP contribution in [-0.4, -0.2) is 39.8 Å². The summed E-state index contributed by atoms with van der Waals surface area (Å²) in [7, 11) is 1.78. The number of aryl methyl sites for hydroxylation is 3. The Hall–Kier alpha value is -2.15. The molecular formula is C17H25N5O2. The van der Waals surface area contributed by atoms with Gasteiger partial charge in [-0.05, 0) is 57.3 Å². The Labute approximate surface area is 140 Å². The van der Waals surface area contributed by atoms with E-state index in [0.29, 0.717) is 23.9 Å². The Bertz CT molecular complexity index is 814. The number of piperidine rings is 1. The first-order valence-electron chi connectivity index (χ1n) is 8.52. The van der Waals surface area contributed by atoms with E-state index in [4.69, 9.17) is 0 Å². The third-order valence-electron chi connectivity index (χ3n) is 4.88. The largest absolute Gasteiger partial charge is 0.353 e. The molecule has 7 nitrogen and oxygen atoms in total. The zero-order valence-corrected chi connectivity index (χ0v) is 14.5. The van der Waals surface area contributed by atoms with Gasteiger partial charge in [-0.1, -0.05) is 0 Å². The van der Waals surface area contributed by atoms with E-state index < -0.39 is 0 Å². The van der Waals surface area contributed by atoms with Crippen molar-refractivity contribution in [2.75, 3.05) is 13.1 Å². The molecule has 0 atom stereocenters. The molecule has 3 rings (SSSR count). The Kier molecular flexibility index (Phi) is 4.71. The van der Waals surface area contributed by atoms with Crippen molar-refractivity contribution in [3.8, 4) is 0 Å². The van der Waals surface area contributed by atoms with Crippen LogP contribution >= 0.6 is 0 Å². The number of hydrogen-bond donors (Lipinski definition) is 3. The van der Waals surface area contributed by atoms with Gasteiger partial charge in [-0.3, -0.25) is 19.4 Å². The number of aromatic nitrogens is 3. The SMILES string of the molecule is Cc1nc2c(c(C)c1CCC(=O)NC1CCNCC1)c(=O)[nH]n2C. The molecule has 0 aliphatic carbocycles. The normalized spacial score (nSPS) is 15.8. The van der Waals surface area contributed by atoms with E-state index in [1.165, 1.54) is 0 Å². The summed E-state index contributed by atoms with van der Waals surface area (Å²) in [5.41, 5.74) is 3.34. The molecule has 24 heavy (non-hydrogen) atoms. The lowest BCUT2D eigenvalue weighted by Crippen LogP contribution is -2.42. The van der Waals surface area contributed by atoms with E-state index in [0.717, 1.165) is 42.8 Å². The summed E-state index contributed by atoms with van der Waals surface area (Å²) in [6.07, 6.45) is 2.99. The van der Waals surface area contributed by atoms with Crippen molar-refractivity contribution in [3.05, 3.63) is 27.2 Å². The molecule has 1 amide bonds. The number of nitrogens with one attached hydrogen (secondary N) is 3. The minimum atomic E-state index is -0.127. The second-order valence-corrected chi connectivity index (χ2v) is 6.59. The molecule has 0 unspecified atom stereocenters. The van der Waals surface area contributed by atoms with E-state index in [-0.39, 0.29) is 17.5 Å². The Morgan fingerprint density at radius 3 is 2.75 bits per heavy atom. The number of fused-ring (bicyclic) bond motifs is 1. The summed E-state index contributed by atoms with van der Waals surface area (Å²) in [6, 6.07) is 0.276. The van der Waals surface area contributed by atoms with Gasteiger partial charge < -0.3 is 10.6 Å². The van der Waals surface area contributed by atoms with Crippen molar-refractivity contribution in [2.45, 2.75) is 45.6 Å². The van der Waals surface area contributed by atoms with Crippen LogP contribution in [0.4, 0.5) is 0 Å². The number of rotatable bonds is 4. The minimum Gasteiger partial charge on any atom is -0.353 e. The number of amides is 1. The number of nitrogens with zero attached hydrogens (tertiary/aromatic N) is 2. The molecule has 0 spiro atoms. The molecule has 1 aliphatic rings. The van der Waals surface area contributed by atoms with Gasteiger partial charge in [0.05, 0.1) is 5.39 Å². The predicted molar refractivity (Wildman–Crippen MR) is 93.2 cm³/mol. The van der Waals surface area contributed by atoms with Crippen LogP contribution in [0.5, 0.6) is 0 Å². The van der Waals surface area contributed by atoms with E-state index in [1.807, 2.05) is 13.8 Å². The average molecular weight is 331 g/mol. The number of carbonyl (C=O) groups is 1. The fourth-order valence-corrected chi connectivity index (χ4v) is 3.52. The maximum atomic E-state index is 12.2. The third-order valence-corrected chi connectivity index (χ3v) is 4.88. The summed E-state index contributed by atoms with van der Waals surface area (Å²) in [4.78, 5) is 28.8. The smallest absolute Gasteiger partial charge is 0.273 e. The van der Waals surface area contributed by atoms with E-state index in [9.17, 15) is 9.59 Å². The lowest BCUT2D eigenvalue weighted by molar-refractivity contribution is -0.121. The van der Waals surface area contributed by atoms with Gasteiger partial charge in [0, 0.05) is 25.2 Å². The maximum absolute atomic E-state index is 12.2. The number of pyridine rings is 1. The average Bonchev–Trinajstić information content (AvgIpc) is 2.82. The molecule has 1 fully saturated rings. The topological polar surface area (TPSA) is 91.8 Å². The quantitative estimate of drug-likeness (QED) is 0.768. The molecule has 2 aromatic rings. The minimum absolute atomic E-state index is 0.0720. The summed E-state index contributed by atoms with van der Waals surface area (Å²) >= 11 is 0. The highest BCUT2D eigenvalue weighted by atomic mass is 16.1. The molecule has 3 heterocycles. The van der Waals surface area contributed by atoms with Gasteiger partial charge >= 0.3 is 0 Å². The molecule has 7 heteroatoms. The van der Waals surface area contributed by atoms with Crippen molar-refractivity contribution in [3.63, 3.8) is 0 Å². The molecule has 2 aromatic heterocycles. The van der Waals surface area contributed by atoms with Crippen LogP contribution in [0.3, 0.4) is 0 Å². The van der Waals surface area contributed by atoms with Crippen molar-refractivity contribution in [2.24, 2.45) is 7.05 Å². The molecule has 0 saturated carbocycles. The van der Waals surface area contributed by atoms with Crippen LogP contribution in [0, 0.1) is 13.8 Å². The summed E-state index contributed by atoms with van der Waals surface area (Å²) in [5.74, 6) is 0.0720. The molecule has 0 radical (unpaired) electrons. The first-order chi connectivity index (χ1) is 11.5. The van der Waals surface area contributed by atoms with Crippen LogP contribution in [0.2, 0.25) is 0 Å². The third kappa shape index (κ3) is 3.21. The van der Waals surface area contributed by atoms with E-state index in [2.05, 4.69) is 20.7 Å². The zero-order valence-electron chi connectivity index (χ0n) is 14.5. The second-order valence-electron chi connectivity index (χ2n) is 6.59. The maximum Gasteiger partial charge on any atom is 0.273 e. The fourth-order valence-electron chi connectivity index (χ4n) is 3.52. The number of H-pyrrole nitrogens is 1. The highest BCUT2D eigenvalue weighted by molar-refractivity contribution is 5.81. The van der Waals surface area contributed by atoms with Gasteiger partial charge in [-0.2, -0.15) is 0 Å². The lowest BCUT2D eigenvalue weighted by Gasteiger charge is -2.23. The van der Waals surface area contributed by atoms with Crippen LogP contribution in [-0.2, 0) is 18.3 Å². The van der Waals surface area contributed by atoms with Crippen molar-refractivity contribution >= 4 is 16.9 Å². The van der Waals surface area contributed by atoms with Crippen molar-refractivity contribution in [1.82, 2.24) is 25.4 Å². The zero-order chi connectivity index (χ0) is 17.3. The van der Waals surface area contributed by atoms with Crippen LogP contribution in [0.25, 0.3) is 11.0 Å². The molecule has 1 saturated heterocycles. The predicted octanol–water partition coefficient (Wildman–Crippen LogP) is 0.679.